The summed E-state index contributed by atoms with van der Waals surface area (Å²) in [5.74, 6) is -0.792. The number of hydrogen-bond donors (Lipinski definition) is 4. The van der Waals surface area contributed by atoms with E-state index in [1.54, 1.807) is 0 Å². The Morgan fingerprint density at radius 2 is 0.841 bits per heavy atom. The molecule has 4 N–H and O–H groups in total. The van der Waals surface area contributed by atoms with Gasteiger partial charge >= 0.3 is 11.9 Å². The fourth-order valence-electron chi connectivity index (χ4n) is 8.42. The Balaban J connectivity index is 2.23. The second kappa shape index (κ2) is 44.3. The molecule has 372 valence electrons. The molecule has 0 amide bonds. The van der Waals surface area contributed by atoms with Gasteiger partial charge in [-0.3, -0.25) is 9.59 Å². The molecule has 10 heteroatoms. The third kappa shape index (κ3) is 35.3. The van der Waals surface area contributed by atoms with Crippen LogP contribution in [0.5, 0.6) is 0 Å². The number of aliphatic hydroxyl groups excluding tert-OH is 4. The van der Waals surface area contributed by atoms with Gasteiger partial charge < -0.3 is 39.4 Å². The monoisotopic (exact) mass is 897 g/mol. The van der Waals surface area contributed by atoms with Crippen molar-refractivity contribution in [3.8, 4) is 0 Å². The number of esters is 2. The molecule has 1 fully saturated rings. The molecule has 0 aromatic rings. The van der Waals surface area contributed by atoms with Gasteiger partial charge in [-0.1, -0.05) is 219 Å². The molecule has 0 bridgehead atoms. The van der Waals surface area contributed by atoms with Crippen molar-refractivity contribution in [3.05, 3.63) is 12.2 Å². The van der Waals surface area contributed by atoms with Crippen LogP contribution in [0, 0.1) is 0 Å². The van der Waals surface area contributed by atoms with Crippen LogP contribution in [0.4, 0.5) is 0 Å². The molecule has 0 aromatic carbocycles. The summed E-state index contributed by atoms with van der Waals surface area (Å²) < 4.78 is 22.3. The van der Waals surface area contributed by atoms with Gasteiger partial charge in [0.15, 0.2) is 12.4 Å². The topological polar surface area (TPSA) is 152 Å². The summed E-state index contributed by atoms with van der Waals surface area (Å²) in [6.07, 6.45) is 42.2. The summed E-state index contributed by atoms with van der Waals surface area (Å²) in [5, 5.41) is 40.2. The first-order valence-corrected chi connectivity index (χ1v) is 26.8. The van der Waals surface area contributed by atoms with Gasteiger partial charge in [-0.25, -0.2) is 0 Å². The number of carbonyl (C=O) groups is 2. The summed E-state index contributed by atoms with van der Waals surface area (Å²) in [5.41, 5.74) is 0. The molecule has 1 rings (SSSR count). The largest absolute Gasteiger partial charge is 0.462 e. The number of aliphatic hydroxyl groups is 4. The summed E-state index contributed by atoms with van der Waals surface area (Å²) in [4.78, 5) is 25.5. The van der Waals surface area contributed by atoms with Crippen LogP contribution in [0.2, 0.25) is 0 Å². The number of ether oxygens (including phenoxy) is 4. The Morgan fingerprint density at radius 1 is 0.476 bits per heavy atom. The highest BCUT2D eigenvalue weighted by molar-refractivity contribution is 5.70. The fraction of sp³-hybridized carbons (Fsp3) is 0.925. The zero-order valence-electron chi connectivity index (χ0n) is 40.8. The van der Waals surface area contributed by atoms with Crippen molar-refractivity contribution < 1.29 is 49.0 Å². The number of carbonyl (C=O) groups excluding carboxylic acids is 2. The van der Waals surface area contributed by atoms with Crippen LogP contribution in [-0.2, 0) is 28.5 Å². The molecule has 0 saturated carbocycles. The maximum Gasteiger partial charge on any atom is 0.306 e. The van der Waals surface area contributed by atoms with Crippen LogP contribution < -0.4 is 0 Å². The third-order valence-corrected chi connectivity index (χ3v) is 12.7. The lowest BCUT2D eigenvalue weighted by Crippen LogP contribution is -2.59. The maximum atomic E-state index is 12.8. The fourth-order valence-corrected chi connectivity index (χ4v) is 8.42. The SMILES string of the molecule is CCCCCCCC/C=C\CCCCCCCCCCCC(=O)OC(COC(=O)CCCCCCCCCCCCCCCCCCCCC)COC1OC(CO)C(O)C(O)C1O. The molecule has 0 radical (unpaired) electrons. The number of unbranched alkanes of at least 4 members (excludes halogenated alkanes) is 33. The van der Waals surface area contributed by atoms with E-state index in [9.17, 15) is 30.0 Å². The van der Waals surface area contributed by atoms with E-state index < -0.39 is 49.4 Å². The summed E-state index contributed by atoms with van der Waals surface area (Å²) in [7, 11) is 0. The van der Waals surface area contributed by atoms with E-state index in [1.807, 2.05) is 0 Å². The molecular formula is C53H100O10. The van der Waals surface area contributed by atoms with Gasteiger partial charge in [0.05, 0.1) is 13.2 Å². The molecule has 1 saturated heterocycles. The van der Waals surface area contributed by atoms with Crippen LogP contribution >= 0.6 is 0 Å². The lowest BCUT2D eigenvalue weighted by molar-refractivity contribution is -0.305. The Bertz CT molecular complexity index is 1040. The first-order valence-electron chi connectivity index (χ1n) is 26.8. The third-order valence-electron chi connectivity index (χ3n) is 12.7. The van der Waals surface area contributed by atoms with Crippen LogP contribution in [0.15, 0.2) is 12.2 Å². The van der Waals surface area contributed by atoms with E-state index in [4.69, 9.17) is 18.9 Å². The van der Waals surface area contributed by atoms with Crippen LogP contribution in [-0.4, -0.2) is 89.0 Å². The van der Waals surface area contributed by atoms with E-state index in [0.717, 1.165) is 38.5 Å². The van der Waals surface area contributed by atoms with E-state index in [-0.39, 0.29) is 32.0 Å². The first-order chi connectivity index (χ1) is 30.8. The first kappa shape index (κ1) is 59.5. The lowest BCUT2D eigenvalue weighted by atomic mass is 9.99. The van der Waals surface area contributed by atoms with E-state index >= 15 is 0 Å². The number of rotatable bonds is 46. The zero-order chi connectivity index (χ0) is 45.9. The minimum absolute atomic E-state index is 0.212. The van der Waals surface area contributed by atoms with Crippen molar-refractivity contribution in [1.29, 1.82) is 0 Å². The molecule has 0 aliphatic carbocycles. The van der Waals surface area contributed by atoms with Gasteiger partial charge in [0, 0.05) is 12.8 Å². The Morgan fingerprint density at radius 3 is 1.24 bits per heavy atom. The molecule has 1 heterocycles. The van der Waals surface area contributed by atoms with Crippen LogP contribution in [0.1, 0.15) is 258 Å². The van der Waals surface area contributed by atoms with Gasteiger partial charge in [0.2, 0.25) is 0 Å². The van der Waals surface area contributed by atoms with Crippen molar-refractivity contribution in [2.24, 2.45) is 0 Å². The Kier molecular flexibility index (Phi) is 41.8. The van der Waals surface area contributed by atoms with Crippen LogP contribution in [0.3, 0.4) is 0 Å². The normalized spacial score (nSPS) is 19.5. The summed E-state index contributed by atoms with van der Waals surface area (Å²) >= 11 is 0. The number of allylic oxidation sites excluding steroid dienone is 2. The minimum atomic E-state index is -1.59. The highest BCUT2D eigenvalue weighted by atomic mass is 16.7. The van der Waals surface area contributed by atoms with Crippen molar-refractivity contribution in [2.75, 3.05) is 19.8 Å². The summed E-state index contributed by atoms with van der Waals surface area (Å²) in [6.45, 7) is 3.47. The smallest absolute Gasteiger partial charge is 0.306 e. The van der Waals surface area contributed by atoms with Crippen molar-refractivity contribution in [3.63, 3.8) is 0 Å². The maximum absolute atomic E-state index is 12.8. The van der Waals surface area contributed by atoms with Gasteiger partial charge in [-0.05, 0) is 38.5 Å². The molecule has 63 heavy (non-hydrogen) atoms. The molecule has 6 unspecified atom stereocenters. The molecular weight excluding hydrogens is 797 g/mol. The van der Waals surface area contributed by atoms with E-state index in [1.165, 1.54) is 186 Å². The zero-order valence-corrected chi connectivity index (χ0v) is 40.8. The second-order valence-corrected chi connectivity index (χ2v) is 18.7. The molecule has 0 aromatic heterocycles. The predicted octanol–water partition coefficient (Wildman–Crippen LogP) is 12.7. The second-order valence-electron chi connectivity index (χ2n) is 18.7. The predicted molar refractivity (Wildman–Crippen MR) is 256 cm³/mol. The van der Waals surface area contributed by atoms with Crippen molar-refractivity contribution in [1.82, 2.24) is 0 Å². The molecule has 6 atom stereocenters. The standard InChI is InChI=1S/C53H100O10/c1-3-5-7-9-11-13-15-17-19-21-23-25-27-29-31-33-35-37-39-41-48(55)60-44-46(45-61-53-52(59)51(58)50(57)47(43-54)63-53)62-49(56)42-40-38-36-34-32-30-28-26-24-22-20-18-16-14-12-10-8-6-4-2/h18,20,46-47,50-54,57-59H,3-17,19,21-45H2,1-2H3/b20-18-. The summed E-state index contributed by atoms with van der Waals surface area (Å²) in [6, 6.07) is 0. The molecule has 1 aliphatic rings. The van der Waals surface area contributed by atoms with Crippen molar-refractivity contribution in [2.45, 2.75) is 295 Å². The average Bonchev–Trinajstić information content (AvgIpc) is 3.28. The van der Waals surface area contributed by atoms with Gasteiger partial charge in [-0.15, -0.1) is 0 Å². The van der Waals surface area contributed by atoms with E-state index in [2.05, 4.69) is 26.0 Å². The highest BCUT2D eigenvalue weighted by Crippen LogP contribution is 2.23. The van der Waals surface area contributed by atoms with Gasteiger partial charge in [0.1, 0.15) is 31.0 Å². The van der Waals surface area contributed by atoms with Crippen molar-refractivity contribution >= 4 is 11.9 Å². The van der Waals surface area contributed by atoms with Gasteiger partial charge in [0.25, 0.3) is 0 Å². The van der Waals surface area contributed by atoms with Crippen LogP contribution in [0.25, 0.3) is 0 Å². The molecule has 0 spiro atoms. The average molecular weight is 897 g/mol. The minimum Gasteiger partial charge on any atom is -0.462 e. The number of hydrogen-bond acceptors (Lipinski definition) is 10. The van der Waals surface area contributed by atoms with Gasteiger partial charge in [-0.2, -0.15) is 0 Å². The van der Waals surface area contributed by atoms with E-state index in [0.29, 0.717) is 6.42 Å². The Labute approximate surface area is 386 Å². The quantitative estimate of drug-likeness (QED) is 0.0264. The highest BCUT2D eigenvalue weighted by Gasteiger charge is 2.44. The molecule has 10 nitrogen and oxygen atoms in total. The Hall–Kier alpha value is -1.56. The molecule has 1 aliphatic heterocycles. The lowest BCUT2D eigenvalue weighted by Gasteiger charge is -2.39.